The summed E-state index contributed by atoms with van der Waals surface area (Å²) in [6, 6.07) is 3.61. The number of anilines is 1. The molecule has 0 bridgehead atoms. The second kappa shape index (κ2) is 9.26. The Labute approximate surface area is 199 Å². The van der Waals surface area contributed by atoms with Gasteiger partial charge in [-0.1, -0.05) is 18.1 Å². The van der Waals surface area contributed by atoms with Crippen molar-refractivity contribution in [3.05, 3.63) is 56.2 Å². The van der Waals surface area contributed by atoms with Crippen LogP contribution in [0.2, 0.25) is 0 Å². The first-order valence-corrected chi connectivity index (χ1v) is 11.3. The lowest BCUT2D eigenvalue weighted by atomic mass is 10.1. The second-order valence-electron chi connectivity index (χ2n) is 8.76. The Morgan fingerprint density at radius 3 is 2.51 bits per heavy atom. The SMILES string of the molecule is CC#CCn1c(N2CCC[C@@H](N)C2)nc2c1c(=O)n(C(C)c1ccc(C(F)(F)F)cc1)c(=O)n2C. The molecular weight excluding hydrogens is 461 g/mol. The number of fused-ring (bicyclic) bond motifs is 1. The monoisotopic (exact) mass is 488 g/mol. The Balaban J connectivity index is 1.90. The van der Waals surface area contributed by atoms with Crippen molar-refractivity contribution < 1.29 is 13.2 Å². The van der Waals surface area contributed by atoms with Crippen LogP contribution in [-0.4, -0.2) is 37.8 Å². The van der Waals surface area contributed by atoms with E-state index < -0.39 is 29.0 Å². The fraction of sp³-hybridized carbons (Fsp3) is 0.458. The van der Waals surface area contributed by atoms with E-state index in [1.807, 2.05) is 4.90 Å². The number of hydrogen-bond acceptors (Lipinski definition) is 5. The predicted octanol–water partition coefficient (Wildman–Crippen LogP) is 2.48. The van der Waals surface area contributed by atoms with E-state index in [9.17, 15) is 22.8 Å². The van der Waals surface area contributed by atoms with Gasteiger partial charge in [-0.05, 0) is 44.4 Å². The van der Waals surface area contributed by atoms with Crippen LogP contribution in [0.4, 0.5) is 19.1 Å². The number of aromatic nitrogens is 4. The van der Waals surface area contributed by atoms with E-state index in [4.69, 9.17) is 5.73 Å². The molecule has 1 aliphatic heterocycles. The van der Waals surface area contributed by atoms with E-state index in [-0.39, 0.29) is 23.8 Å². The Morgan fingerprint density at radius 2 is 1.91 bits per heavy atom. The number of imidazole rings is 1. The number of hydrogen-bond donors (Lipinski definition) is 1. The summed E-state index contributed by atoms with van der Waals surface area (Å²) in [6.45, 7) is 4.76. The van der Waals surface area contributed by atoms with Crippen LogP contribution in [0.15, 0.2) is 33.9 Å². The van der Waals surface area contributed by atoms with E-state index in [0.717, 1.165) is 29.5 Å². The molecule has 186 valence electrons. The van der Waals surface area contributed by atoms with Crippen molar-refractivity contribution in [1.82, 2.24) is 18.7 Å². The average molecular weight is 489 g/mol. The van der Waals surface area contributed by atoms with Gasteiger partial charge in [-0.2, -0.15) is 18.2 Å². The maximum absolute atomic E-state index is 13.7. The Bertz CT molecular complexity index is 1420. The van der Waals surface area contributed by atoms with E-state index >= 15 is 0 Å². The number of halogens is 3. The molecule has 0 radical (unpaired) electrons. The van der Waals surface area contributed by atoms with E-state index in [2.05, 4.69) is 16.8 Å². The number of aryl methyl sites for hydroxylation is 1. The summed E-state index contributed by atoms with van der Waals surface area (Å²) in [4.78, 5) is 33.6. The smallest absolute Gasteiger partial charge is 0.341 e. The van der Waals surface area contributed by atoms with Crippen LogP contribution in [0.5, 0.6) is 0 Å². The number of nitrogens with two attached hydrogens (primary N) is 1. The van der Waals surface area contributed by atoms with Crippen molar-refractivity contribution >= 4 is 17.1 Å². The number of nitrogens with zero attached hydrogens (tertiary/aromatic N) is 5. The van der Waals surface area contributed by atoms with Crippen molar-refractivity contribution in [2.75, 3.05) is 18.0 Å². The standard InChI is InChI=1S/C24H27F3N6O2/c1-4-5-13-32-19-20(29-22(32)31-12-6-7-18(28)14-31)30(3)23(35)33(21(19)34)15(2)16-8-10-17(11-9-16)24(25,26)27/h8-11,15,18H,6-7,12-14,28H2,1-3H3/t15?,18-/m1/s1. The maximum Gasteiger partial charge on any atom is 0.416 e. The summed E-state index contributed by atoms with van der Waals surface area (Å²) in [7, 11) is 1.52. The molecule has 8 nitrogen and oxygen atoms in total. The fourth-order valence-electron chi connectivity index (χ4n) is 4.51. The van der Waals surface area contributed by atoms with Crippen molar-refractivity contribution in [3.8, 4) is 11.8 Å². The maximum atomic E-state index is 13.7. The molecule has 35 heavy (non-hydrogen) atoms. The zero-order valence-electron chi connectivity index (χ0n) is 19.8. The molecule has 0 aliphatic carbocycles. The van der Waals surface area contributed by atoms with Gasteiger partial charge in [-0.3, -0.25) is 18.5 Å². The lowest BCUT2D eigenvalue weighted by Crippen LogP contribution is -2.44. The third kappa shape index (κ3) is 4.46. The molecule has 4 rings (SSSR count). The number of rotatable bonds is 4. The number of piperidine rings is 1. The zero-order chi connectivity index (χ0) is 25.5. The highest BCUT2D eigenvalue weighted by atomic mass is 19.4. The Kier molecular flexibility index (Phi) is 6.51. The highest BCUT2D eigenvalue weighted by Gasteiger charge is 2.31. The Morgan fingerprint density at radius 1 is 1.23 bits per heavy atom. The Hall–Kier alpha value is -3.52. The van der Waals surface area contributed by atoms with Crippen LogP contribution in [0.25, 0.3) is 11.2 Å². The molecule has 1 aliphatic rings. The van der Waals surface area contributed by atoms with Gasteiger partial charge in [-0.25, -0.2) is 4.79 Å². The summed E-state index contributed by atoms with van der Waals surface area (Å²) < 4.78 is 43.0. The minimum Gasteiger partial charge on any atom is -0.341 e. The highest BCUT2D eigenvalue weighted by Crippen LogP contribution is 2.30. The van der Waals surface area contributed by atoms with Crippen molar-refractivity contribution in [2.24, 2.45) is 12.8 Å². The third-order valence-corrected chi connectivity index (χ3v) is 6.42. The first-order valence-electron chi connectivity index (χ1n) is 11.3. The van der Waals surface area contributed by atoms with Crippen molar-refractivity contribution in [1.29, 1.82) is 0 Å². The summed E-state index contributed by atoms with van der Waals surface area (Å²) in [5.41, 5.74) is 5.01. The predicted molar refractivity (Wildman–Crippen MR) is 127 cm³/mol. The molecule has 0 saturated carbocycles. The van der Waals surface area contributed by atoms with Crippen LogP contribution in [0.3, 0.4) is 0 Å². The first kappa shape index (κ1) is 24.6. The molecule has 11 heteroatoms. The minimum atomic E-state index is -4.48. The van der Waals surface area contributed by atoms with Crippen LogP contribution >= 0.6 is 0 Å². The molecule has 1 aromatic carbocycles. The molecule has 1 saturated heterocycles. The second-order valence-corrected chi connectivity index (χ2v) is 8.76. The van der Waals surface area contributed by atoms with Crippen LogP contribution in [0, 0.1) is 11.8 Å². The molecular formula is C24H27F3N6O2. The minimum absolute atomic E-state index is 0.0329. The summed E-state index contributed by atoms with van der Waals surface area (Å²) in [6.07, 6.45) is -2.72. The molecule has 1 unspecified atom stereocenters. The van der Waals surface area contributed by atoms with Gasteiger partial charge in [0.15, 0.2) is 11.2 Å². The molecule has 3 aromatic rings. The largest absolute Gasteiger partial charge is 0.416 e. The normalized spacial score (nSPS) is 17.3. The first-order chi connectivity index (χ1) is 16.5. The number of alkyl halides is 3. The lowest BCUT2D eigenvalue weighted by Gasteiger charge is -2.31. The molecule has 2 aromatic heterocycles. The lowest BCUT2D eigenvalue weighted by molar-refractivity contribution is -0.137. The summed E-state index contributed by atoms with van der Waals surface area (Å²) in [5, 5.41) is 0. The van der Waals surface area contributed by atoms with Gasteiger partial charge < -0.3 is 10.6 Å². The summed E-state index contributed by atoms with van der Waals surface area (Å²) >= 11 is 0. The van der Waals surface area contributed by atoms with E-state index in [1.165, 1.54) is 23.7 Å². The van der Waals surface area contributed by atoms with Crippen LogP contribution < -0.4 is 21.9 Å². The molecule has 1 fully saturated rings. The average Bonchev–Trinajstić information content (AvgIpc) is 3.21. The van der Waals surface area contributed by atoms with E-state index in [0.29, 0.717) is 24.6 Å². The van der Waals surface area contributed by atoms with Crippen molar-refractivity contribution in [2.45, 2.75) is 51.5 Å². The van der Waals surface area contributed by atoms with Gasteiger partial charge in [-0.15, -0.1) is 5.92 Å². The van der Waals surface area contributed by atoms with Crippen LogP contribution in [-0.2, 0) is 19.8 Å². The van der Waals surface area contributed by atoms with E-state index in [1.54, 1.807) is 18.4 Å². The number of benzene rings is 1. The molecule has 2 atom stereocenters. The van der Waals surface area contributed by atoms with Gasteiger partial charge in [0.05, 0.1) is 18.2 Å². The molecule has 2 N–H and O–H groups in total. The van der Waals surface area contributed by atoms with Crippen molar-refractivity contribution in [3.63, 3.8) is 0 Å². The van der Waals surface area contributed by atoms with Gasteiger partial charge in [0, 0.05) is 26.2 Å². The summed E-state index contributed by atoms with van der Waals surface area (Å²) in [5.74, 6) is 6.31. The molecule has 0 spiro atoms. The fourth-order valence-corrected chi connectivity index (χ4v) is 4.51. The third-order valence-electron chi connectivity index (χ3n) is 6.42. The van der Waals surface area contributed by atoms with Gasteiger partial charge in [0.2, 0.25) is 5.95 Å². The van der Waals surface area contributed by atoms with Gasteiger partial charge in [0.1, 0.15) is 0 Å². The molecule has 3 heterocycles. The van der Waals surface area contributed by atoms with Gasteiger partial charge >= 0.3 is 11.9 Å². The van der Waals surface area contributed by atoms with Crippen LogP contribution in [0.1, 0.15) is 43.9 Å². The quantitative estimate of drug-likeness (QED) is 0.570. The molecule has 0 amide bonds. The van der Waals surface area contributed by atoms with Gasteiger partial charge in [0.25, 0.3) is 5.56 Å². The topological polar surface area (TPSA) is 91.1 Å². The zero-order valence-corrected chi connectivity index (χ0v) is 19.8. The highest BCUT2D eigenvalue weighted by molar-refractivity contribution is 5.75.